The minimum Gasteiger partial charge on any atom is -0.497 e. The van der Waals surface area contributed by atoms with Crippen LogP contribution in [0.5, 0.6) is 11.5 Å². The van der Waals surface area contributed by atoms with Crippen LogP contribution >= 0.6 is 11.6 Å². The Morgan fingerprint density at radius 3 is 2.11 bits per heavy atom. The second-order valence-electron chi connectivity index (χ2n) is 8.13. The molecule has 0 aliphatic carbocycles. The maximum Gasteiger partial charge on any atom is 0.303 e. The summed E-state index contributed by atoms with van der Waals surface area (Å²) < 4.78 is 43.3. The Bertz CT molecular complexity index is 1110. The molecule has 0 saturated carbocycles. The second-order valence-corrected chi connectivity index (χ2v) is 8.53. The topological polar surface area (TPSA) is 171 Å². The number of rotatable bonds is 8. The summed E-state index contributed by atoms with van der Waals surface area (Å²) in [5, 5.41) is 2.68. The zero-order valence-corrected chi connectivity index (χ0v) is 21.8. The molecule has 1 saturated heterocycles. The molecule has 2 aliphatic heterocycles. The second kappa shape index (κ2) is 12.3. The molecular formula is C23H26ClNO13. The molecule has 1 unspecified atom stereocenters. The van der Waals surface area contributed by atoms with Crippen molar-refractivity contribution in [3.05, 3.63) is 17.2 Å². The van der Waals surface area contributed by atoms with E-state index in [1.807, 2.05) is 0 Å². The number of ether oxygens (including phenoxy) is 8. The van der Waals surface area contributed by atoms with Crippen LogP contribution in [0.4, 0.5) is 5.69 Å². The van der Waals surface area contributed by atoms with Crippen molar-refractivity contribution < 1.29 is 61.9 Å². The first-order valence-electron chi connectivity index (χ1n) is 11.2. The van der Waals surface area contributed by atoms with Crippen molar-refractivity contribution in [1.29, 1.82) is 0 Å². The number of esters is 4. The van der Waals surface area contributed by atoms with Crippen molar-refractivity contribution >= 4 is 47.1 Å². The Morgan fingerprint density at radius 1 is 0.921 bits per heavy atom. The van der Waals surface area contributed by atoms with Gasteiger partial charge < -0.3 is 43.2 Å². The third-order valence-electron chi connectivity index (χ3n) is 5.17. The lowest BCUT2D eigenvalue weighted by Gasteiger charge is -2.44. The van der Waals surface area contributed by atoms with Crippen LogP contribution in [0, 0.1) is 0 Å². The van der Waals surface area contributed by atoms with Crippen LogP contribution in [-0.4, -0.2) is 80.5 Å². The molecule has 3 rings (SSSR count). The summed E-state index contributed by atoms with van der Waals surface area (Å²) in [6.07, 6.45) is -8.98. The third-order valence-corrected chi connectivity index (χ3v) is 5.46. The quantitative estimate of drug-likeness (QED) is 0.355. The van der Waals surface area contributed by atoms with E-state index in [2.05, 4.69) is 5.32 Å². The Kier molecular flexibility index (Phi) is 9.36. The van der Waals surface area contributed by atoms with Gasteiger partial charge in [-0.05, 0) is 0 Å². The van der Waals surface area contributed by atoms with Gasteiger partial charge in [-0.25, -0.2) is 0 Å². The molecule has 2 heterocycles. The number of carbonyl (C=O) groups excluding carboxylic acids is 5. The lowest BCUT2D eigenvalue weighted by atomic mass is 9.98. The number of amides is 1. The normalized spacial score (nSPS) is 26.1. The molecule has 1 amide bonds. The molecule has 0 bridgehead atoms. The van der Waals surface area contributed by atoms with Gasteiger partial charge in [0.25, 0.3) is 12.2 Å². The lowest BCUT2D eigenvalue weighted by molar-refractivity contribution is -0.327. The molecule has 1 aromatic carbocycles. The van der Waals surface area contributed by atoms with Crippen molar-refractivity contribution in [3.63, 3.8) is 0 Å². The SMILES string of the molecule is COc1cc(Cl)c2c(c1)OC(O[C@@H]1O[C@H](COC(C)=O)[C@@H](OC(C)=O)[C@H](OC(C)=O)[C@H]1OC(C)=O)C(=O)N2. The van der Waals surface area contributed by atoms with Crippen LogP contribution in [0.2, 0.25) is 5.02 Å². The number of benzene rings is 1. The van der Waals surface area contributed by atoms with E-state index < -0.39 is 73.4 Å². The summed E-state index contributed by atoms with van der Waals surface area (Å²) in [5.41, 5.74) is 0.166. The molecule has 2 aliphatic rings. The van der Waals surface area contributed by atoms with Crippen LogP contribution in [0.1, 0.15) is 27.7 Å². The maximum absolute atomic E-state index is 12.8. The van der Waals surface area contributed by atoms with Crippen LogP contribution in [0.3, 0.4) is 0 Å². The Hall–Kier alpha value is -3.62. The highest BCUT2D eigenvalue weighted by molar-refractivity contribution is 6.34. The van der Waals surface area contributed by atoms with Gasteiger partial charge in [-0.15, -0.1) is 0 Å². The van der Waals surface area contributed by atoms with Gasteiger partial charge in [-0.1, -0.05) is 11.6 Å². The van der Waals surface area contributed by atoms with E-state index in [0.29, 0.717) is 5.75 Å². The van der Waals surface area contributed by atoms with Crippen LogP contribution in [0.15, 0.2) is 12.1 Å². The van der Waals surface area contributed by atoms with Crippen molar-refractivity contribution in [1.82, 2.24) is 0 Å². The molecule has 1 fully saturated rings. The first-order valence-corrected chi connectivity index (χ1v) is 11.6. The largest absolute Gasteiger partial charge is 0.497 e. The van der Waals surface area contributed by atoms with E-state index >= 15 is 0 Å². The van der Waals surface area contributed by atoms with Crippen LogP contribution in [0.25, 0.3) is 0 Å². The van der Waals surface area contributed by atoms with Crippen molar-refractivity contribution in [2.45, 2.75) is 64.7 Å². The molecule has 15 heteroatoms. The highest BCUT2D eigenvalue weighted by Gasteiger charge is 2.54. The number of fused-ring (bicyclic) bond motifs is 1. The first-order chi connectivity index (χ1) is 17.9. The smallest absolute Gasteiger partial charge is 0.303 e. The molecule has 0 radical (unpaired) electrons. The van der Waals surface area contributed by atoms with Gasteiger partial charge in [0, 0.05) is 39.8 Å². The highest BCUT2D eigenvalue weighted by Crippen LogP contribution is 2.40. The van der Waals surface area contributed by atoms with Crippen molar-refractivity contribution in [2.24, 2.45) is 0 Å². The number of nitrogens with one attached hydrogen (secondary N) is 1. The van der Waals surface area contributed by atoms with Gasteiger partial charge >= 0.3 is 23.9 Å². The minimum atomic E-state index is -1.67. The van der Waals surface area contributed by atoms with E-state index in [1.54, 1.807) is 0 Å². The molecule has 1 aromatic rings. The van der Waals surface area contributed by atoms with Gasteiger partial charge in [-0.2, -0.15) is 0 Å². The third kappa shape index (κ3) is 7.02. The summed E-state index contributed by atoms with van der Waals surface area (Å²) in [6.45, 7) is 3.91. The van der Waals surface area contributed by atoms with Gasteiger partial charge in [-0.3, -0.25) is 24.0 Å². The number of carbonyl (C=O) groups is 5. The average molecular weight is 560 g/mol. The zero-order valence-electron chi connectivity index (χ0n) is 21.0. The number of hydrogen-bond donors (Lipinski definition) is 1. The summed E-state index contributed by atoms with van der Waals surface area (Å²) in [5.74, 6) is -3.49. The predicted octanol–water partition coefficient (Wildman–Crippen LogP) is 1.11. The van der Waals surface area contributed by atoms with Crippen LogP contribution in [-0.2, 0) is 52.4 Å². The van der Waals surface area contributed by atoms with E-state index in [-0.39, 0.29) is 16.5 Å². The van der Waals surface area contributed by atoms with E-state index in [9.17, 15) is 24.0 Å². The molecule has 0 spiro atoms. The fourth-order valence-corrected chi connectivity index (χ4v) is 4.00. The van der Waals surface area contributed by atoms with Gasteiger partial charge in [0.05, 0.1) is 12.1 Å². The van der Waals surface area contributed by atoms with E-state index in [1.165, 1.54) is 19.2 Å². The van der Waals surface area contributed by atoms with Crippen LogP contribution < -0.4 is 14.8 Å². The fraction of sp³-hybridized carbons (Fsp3) is 0.522. The molecule has 38 heavy (non-hydrogen) atoms. The highest BCUT2D eigenvalue weighted by atomic mass is 35.5. The Morgan fingerprint density at radius 2 is 1.53 bits per heavy atom. The monoisotopic (exact) mass is 559 g/mol. The molecule has 6 atom stereocenters. The molecule has 1 N–H and O–H groups in total. The number of halogens is 1. The maximum atomic E-state index is 12.8. The standard InChI is InChI=1S/C23H26ClNO13/c1-9(26)32-8-16-18(33-10(2)27)19(34-11(3)28)20(35-12(4)29)22(37-16)38-23-21(30)25-17-14(24)6-13(31-5)7-15(17)36-23/h6-7,16,18-20,22-23H,8H2,1-5H3,(H,25,30)/t16-,18-,19+,20-,22+,23?/m1/s1. The lowest BCUT2D eigenvalue weighted by Crippen LogP contribution is -2.64. The molecule has 14 nitrogen and oxygen atoms in total. The Labute approximate surface area is 221 Å². The number of hydrogen-bond acceptors (Lipinski definition) is 13. The summed E-state index contributed by atoms with van der Waals surface area (Å²) >= 11 is 6.19. The van der Waals surface area contributed by atoms with Crippen molar-refractivity contribution in [3.8, 4) is 11.5 Å². The number of anilines is 1. The van der Waals surface area contributed by atoms with E-state index in [4.69, 9.17) is 49.5 Å². The predicted molar refractivity (Wildman–Crippen MR) is 124 cm³/mol. The van der Waals surface area contributed by atoms with Crippen molar-refractivity contribution in [2.75, 3.05) is 19.0 Å². The molecule has 208 valence electrons. The van der Waals surface area contributed by atoms with Gasteiger partial charge in [0.15, 0.2) is 24.1 Å². The number of methoxy groups -OCH3 is 1. The van der Waals surface area contributed by atoms with E-state index in [0.717, 1.165) is 27.7 Å². The van der Waals surface area contributed by atoms with Gasteiger partial charge in [0.1, 0.15) is 24.1 Å². The molecule has 0 aromatic heterocycles. The average Bonchev–Trinajstić information content (AvgIpc) is 2.81. The van der Waals surface area contributed by atoms with Gasteiger partial charge in [0.2, 0.25) is 6.29 Å². The fourth-order valence-electron chi connectivity index (χ4n) is 3.75. The summed E-state index contributed by atoms with van der Waals surface area (Å²) in [6, 6.07) is 2.91. The zero-order chi connectivity index (χ0) is 28.1. The first kappa shape index (κ1) is 28.9. The minimum absolute atomic E-state index is 0.101. The summed E-state index contributed by atoms with van der Waals surface area (Å²) in [4.78, 5) is 60.0. The molecular weight excluding hydrogens is 534 g/mol. The Balaban J connectivity index is 1.97. The summed E-state index contributed by atoms with van der Waals surface area (Å²) in [7, 11) is 1.41.